The van der Waals surface area contributed by atoms with E-state index in [1.54, 1.807) is 6.07 Å². The van der Waals surface area contributed by atoms with E-state index in [1.807, 2.05) is 12.1 Å². The van der Waals surface area contributed by atoms with Crippen molar-refractivity contribution in [3.63, 3.8) is 0 Å². The number of hydrogen-bond donors (Lipinski definition) is 1. The molecule has 28 heavy (non-hydrogen) atoms. The number of halogens is 2. The molecule has 0 radical (unpaired) electrons. The van der Waals surface area contributed by atoms with Crippen LogP contribution in [0, 0.1) is 0 Å². The number of piperazine rings is 1. The lowest BCUT2D eigenvalue weighted by Gasteiger charge is -2.36. The maximum atomic E-state index is 6.06. The van der Waals surface area contributed by atoms with Gasteiger partial charge in [0.2, 0.25) is 0 Å². The lowest BCUT2D eigenvalue weighted by atomic mass is 9.87. The molecule has 0 saturated carbocycles. The topological polar surface area (TPSA) is 18.5 Å². The van der Waals surface area contributed by atoms with Crippen molar-refractivity contribution in [2.24, 2.45) is 0 Å². The van der Waals surface area contributed by atoms with Crippen LogP contribution in [-0.2, 0) is 12.0 Å². The van der Waals surface area contributed by atoms with Gasteiger partial charge < -0.3 is 10.2 Å². The summed E-state index contributed by atoms with van der Waals surface area (Å²) in [4.78, 5) is 4.67. The monoisotopic (exact) mass is 435 g/mol. The van der Waals surface area contributed by atoms with Gasteiger partial charge in [-0.2, -0.15) is 0 Å². The lowest BCUT2D eigenvalue weighted by Crippen LogP contribution is -2.49. The minimum Gasteiger partial charge on any atom is -0.346 e. The lowest BCUT2D eigenvalue weighted by molar-refractivity contribution is 0.177. The third-order valence-electron chi connectivity index (χ3n) is 5.00. The van der Waals surface area contributed by atoms with E-state index in [-0.39, 0.29) is 5.41 Å². The first-order valence-corrected chi connectivity index (χ1v) is 10.7. The van der Waals surface area contributed by atoms with Gasteiger partial charge >= 0.3 is 0 Å². The average Bonchev–Trinajstić information content (AvgIpc) is 2.61. The molecular formula is C22H27Cl2N3S. The van der Waals surface area contributed by atoms with E-state index in [0.29, 0.717) is 15.2 Å². The zero-order valence-electron chi connectivity index (χ0n) is 16.6. The molecule has 3 nitrogen and oxygen atoms in total. The molecule has 1 N–H and O–H groups in total. The molecule has 1 saturated heterocycles. The molecule has 6 heteroatoms. The Morgan fingerprint density at radius 3 is 2.07 bits per heavy atom. The third-order valence-corrected chi connectivity index (χ3v) is 5.80. The van der Waals surface area contributed by atoms with Crippen molar-refractivity contribution >= 4 is 46.2 Å². The van der Waals surface area contributed by atoms with E-state index < -0.39 is 0 Å². The Morgan fingerprint density at radius 2 is 1.54 bits per heavy atom. The average molecular weight is 436 g/mol. The molecule has 3 rings (SSSR count). The van der Waals surface area contributed by atoms with Crippen molar-refractivity contribution in [2.75, 3.05) is 31.5 Å². The second-order valence-electron chi connectivity index (χ2n) is 8.30. The van der Waals surface area contributed by atoms with E-state index >= 15 is 0 Å². The Labute approximate surface area is 183 Å². The normalized spacial score (nSPS) is 15.5. The Bertz CT molecular complexity index is 802. The zero-order valence-corrected chi connectivity index (χ0v) is 19.0. The minimum absolute atomic E-state index is 0.195. The van der Waals surface area contributed by atoms with Crippen molar-refractivity contribution in [3.05, 3.63) is 63.6 Å². The van der Waals surface area contributed by atoms with E-state index in [1.165, 1.54) is 11.1 Å². The van der Waals surface area contributed by atoms with Crippen molar-refractivity contribution in [1.82, 2.24) is 9.80 Å². The van der Waals surface area contributed by atoms with Crippen LogP contribution in [0.15, 0.2) is 42.5 Å². The van der Waals surface area contributed by atoms with E-state index in [9.17, 15) is 0 Å². The first-order valence-electron chi connectivity index (χ1n) is 9.54. The summed E-state index contributed by atoms with van der Waals surface area (Å²) in [6, 6.07) is 14.4. The summed E-state index contributed by atoms with van der Waals surface area (Å²) in [5, 5.41) is 5.16. The zero-order chi connectivity index (χ0) is 20.3. The molecule has 0 amide bonds. The SMILES string of the molecule is CC(C)(C)c1ccc(CN2CCN(C(=S)Nc3cc(Cl)cc(Cl)c3)CC2)cc1. The van der Waals surface area contributed by atoms with Crippen molar-refractivity contribution in [3.8, 4) is 0 Å². The molecule has 2 aromatic carbocycles. The molecule has 1 aliphatic rings. The molecule has 0 atom stereocenters. The highest BCUT2D eigenvalue weighted by atomic mass is 35.5. The fourth-order valence-corrected chi connectivity index (χ4v) is 4.13. The summed E-state index contributed by atoms with van der Waals surface area (Å²) in [7, 11) is 0. The molecule has 0 aromatic heterocycles. The molecular weight excluding hydrogens is 409 g/mol. The number of rotatable bonds is 3. The number of nitrogens with one attached hydrogen (secondary N) is 1. The Morgan fingerprint density at radius 1 is 0.964 bits per heavy atom. The molecule has 150 valence electrons. The molecule has 1 heterocycles. The fraction of sp³-hybridized carbons (Fsp3) is 0.409. The van der Waals surface area contributed by atoms with Gasteiger partial charge in [-0.25, -0.2) is 0 Å². The second-order valence-corrected chi connectivity index (χ2v) is 9.56. The van der Waals surface area contributed by atoms with Crippen LogP contribution in [0.4, 0.5) is 5.69 Å². The van der Waals surface area contributed by atoms with E-state index in [0.717, 1.165) is 38.4 Å². The molecule has 2 aromatic rings. The second kappa shape index (κ2) is 9.00. The van der Waals surface area contributed by atoms with Gasteiger partial charge in [-0.1, -0.05) is 68.2 Å². The Kier molecular flexibility index (Phi) is 6.87. The summed E-state index contributed by atoms with van der Waals surface area (Å²) in [5.74, 6) is 0. The quantitative estimate of drug-likeness (QED) is 0.613. The first-order chi connectivity index (χ1) is 13.2. The van der Waals surface area contributed by atoms with Gasteiger partial charge in [0.1, 0.15) is 0 Å². The number of benzene rings is 2. The van der Waals surface area contributed by atoms with Crippen molar-refractivity contribution in [2.45, 2.75) is 32.7 Å². The molecule has 0 spiro atoms. The smallest absolute Gasteiger partial charge is 0.173 e. The van der Waals surface area contributed by atoms with Crippen molar-refractivity contribution < 1.29 is 0 Å². The van der Waals surface area contributed by atoms with E-state index in [2.05, 4.69) is 60.2 Å². The number of hydrogen-bond acceptors (Lipinski definition) is 2. The van der Waals surface area contributed by atoms with Gasteiger partial charge in [-0.05, 0) is 47.0 Å². The predicted molar refractivity (Wildman–Crippen MR) is 125 cm³/mol. The molecule has 1 aliphatic heterocycles. The van der Waals surface area contributed by atoms with Gasteiger partial charge in [0.05, 0.1) is 0 Å². The van der Waals surface area contributed by atoms with Gasteiger partial charge in [0, 0.05) is 48.5 Å². The van der Waals surface area contributed by atoms with Gasteiger partial charge in [-0.3, -0.25) is 4.90 Å². The maximum Gasteiger partial charge on any atom is 0.173 e. The first kappa shape index (κ1) is 21.4. The minimum atomic E-state index is 0.195. The van der Waals surface area contributed by atoms with Crippen LogP contribution in [0.25, 0.3) is 0 Å². The summed E-state index contributed by atoms with van der Waals surface area (Å²) < 4.78 is 0. The van der Waals surface area contributed by atoms with Crippen LogP contribution < -0.4 is 5.32 Å². The highest BCUT2D eigenvalue weighted by molar-refractivity contribution is 7.80. The highest BCUT2D eigenvalue weighted by Gasteiger charge is 2.20. The summed E-state index contributed by atoms with van der Waals surface area (Å²) in [6.45, 7) is 11.5. The van der Waals surface area contributed by atoms with Crippen LogP contribution >= 0.6 is 35.4 Å². The number of thiocarbonyl (C=S) groups is 1. The van der Waals surface area contributed by atoms with Crippen LogP contribution in [-0.4, -0.2) is 41.1 Å². The van der Waals surface area contributed by atoms with Crippen LogP contribution in [0.5, 0.6) is 0 Å². The summed E-state index contributed by atoms with van der Waals surface area (Å²) in [6.07, 6.45) is 0. The number of nitrogens with zero attached hydrogens (tertiary/aromatic N) is 2. The van der Waals surface area contributed by atoms with Gasteiger partial charge in [0.25, 0.3) is 0 Å². The fourth-order valence-electron chi connectivity index (χ4n) is 3.31. The highest BCUT2D eigenvalue weighted by Crippen LogP contribution is 2.24. The largest absolute Gasteiger partial charge is 0.346 e. The molecule has 0 aliphatic carbocycles. The summed E-state index contributed by atoms with van der Waals surface area (Å²) >= 11 is 17.7. The van der Waals surface area contributed by atoms with Gasteiger partial charge in [-0.15, -0.1) is 0 Å². The molecule has 1 fully saturated rings. The van der Waals surface area contributed by atoms with Crippen LogP contribution in [0.3, 0.4) is 0 Å². The predicted octanol–water partition coefficient (Wildman–Crippen LogP) is 5.81. The Hall–Kier alpha value is -1.33. The third kappa shape index (κ3) is 5.84. The van der Waals surface area contributed by atoms with Crippen LogP contribution in [0.2, 0.25) is 10.0 Å². The van der Waals surface area contributed by atoms with Gasteiger partial charge in [0.15, 0.2) is 5.11 Å². The standard InChI is InChI=1S/C22H27Cl2N3S/c1-22(2,3)17-6-4-16(5-7-17)15-26-8-10-27(11-9-26)21(28)25-20-13-18(23)12-19(24)14-20/h4-7,12-14H,8-11,15H2,1-3H3,(H,25,28). The van der Waals surface area contributed by atoms with E-state index in [4.69, 9.17) is 35.4 Å². The Balaban J connectivity index is 1.50. The van der Waals surface area contributed by atoms with Crippen molar-refractivity contribution in [1.29, 1.82) is 0 Å². The molecule has 0 bridgehead atoms. The van der Waals surface area contributed by atoms with Crippen LogP contribution in [0.1, 0.15) is 31.9 Å². The summed E-state index contributed by atoms with van der Waals surface area (Å²) in [5.41, 5.74) is 3.75. The number of anilines is 1. The molecule has 0 unspecified atom stereocenters. The maximum absolute atomic E-state index is 6.06.